The fourth-order valence-electron chi connectivity index (χ4n) is 4.32. The molecule has 0 aliphatic heterocycles. The summed E-state index contributed by atoms with van der Waals surface area (Å²) in [6, 6.07) is 16.4. The predicted molar refractivity (Wildman–Crippen MR) is 153 cm³/mol. The lowest BCUT2D eigenvalue weighted by Gasteiger charge is -2.15. The second-order valence-electron chi connectivity index (χ2n) is 8.91. The SMILES string of the molecule is COC(=O)[C@@H](C)Oc1c(OC)cc(C=Nn2c(-c3cc4c(OC)cccc4o3)nc3ccccc3c2=O)cc1[N+](=O)[O-]. The number of rotatable bonds is 9. The fraction of sp³-hybridized carbons (Fsp3) is 0.172. The molecule has 13 nitrogen and oxygen atoms in total. The molecule has 2 heterocycles. The summed E-state index contributed by atoms with van der Waals surface area (Å²) in [5.41, 5.74) is 0.163. The van der Waals surface area contributed by atoms with Crippen molar-refractivity contribution in [1.82, 2.24) is 9.66 Å². The van der Waals surface area contributed by atoms with Gasteiger partial charge in [0.2, 0.25) is 11.6 Å². The van der Waals surface area contributed by atoms with Gasteiger partial charge in [-0.1, -0.05) is 18.2 Å². The van der Waals surface area contributed by atoms with E-state index in [-0.39, 0.29) is 28.6 Å². The molecule has 1 atom stereocenters. The minimum absolute atomic E-state index is 0.0324. The highest BCUT2D eigenvalue weighted by atomic mass is 16.6. The molecule has 0 saturated heterocycles. The van der Waals surface area contributed by atoms with Crippen LogP contribution in [0.3, 0.4) is 0 Å². The van der Waals surface area contributed by atoms with Gasteiger partial charge in [0.05, 0.1) is 48.8 Å². The van der Waals surface area contributed by atoms with Gasteiger partial charge in [-0.3, -0.25) is 14.9 Å². The van der Waals surface area contributed by atoms with Crippen LogP contribution in [0.5, 0.6) is 17.2 Å². The highest BCUT2D eigenvalue weighted by Crippen LogP contribution is 2.39. The minimum atomic E-state index is -1.14. The standard InChI is InChI=1S/C29H24N4O9/c1-16(29(35)40-4)41-26-21(33(36)37)12-17(13-24(26)39-3)15-30-32-27(31-20-9-6-5-8-18(20)28(32)34)25-14-19-22(38-2)10-7-11-23(19)42-25/h5-16H,1-4H3/t16-/m1/s1. The van der Waals surface area contributed by atoms with Gasteiger partial charge >= 0.3 is 11.7 Å². The number of esters is 1. The summed E-state index contributed by atoms with van der Waals surface area (Å²) in [7, 11) is 4.00. The van der Waals surface area contributed by atoms with Crippen molar-refractivity contribution >= 4 is 39.7 Å². The molecule has 0 N–H and O–H groups in total. The summed E-state index contributed by atoms with van der Waals surface area (Å²) in [6.45, 7) is 1.39. The van der Waals surface area contributed by atoms with E-state index in [0.717, 1.165) is 4.68 Å². The van der Waals surface area contributed by atoms with E-state index in [9.17, 15) is 19.7 Å². The summed E-state index contributed by atoms with van der Waals surface area (Å²) in [5.74, 6) is -0.103. The Bertz CT molecular complexity index is 1930. The number of furan rings is 1. The van der Waals surface area contributed by atoms with Gasteiger partial charge in [-0.2, -0.15) is 9.78 Å². The lowest BCUT2D eigenvalue weighted by molar-refractivity contribution is -0.386. The van der Waals surface area contributed by atoms with Gasteiger partial charge in [-0.25, -0.2) is 9.78 Å². The van der Waals surface area contributed by atoms with E-state index >= 15 is 0 Å². The first-order valence-corrected chi connectivity index (χ1v) is 12.5. The van der Waals surface area contributed by atoms with Crippen molar-refractivity contribution in [3.8, 4) is 28.8 Å². The van der Waals surface area contributed by atoms with E-state index in [2.05, 4.69) is 14.8 Å². The maximum Gasteiger partial charge on any atom is 0.346 e. The average molecular weight is 573 g/mol. The van der Waals surface area contributed by atoms with E-state index in [0.29, 0.717) is 27.6 Å². The maximum atomic E-state index is 13.6. The zero-order valence-corrected chi connectivity index (χ0v) is 22.9. The van der Waals surface area contributed by atoms with Crippen LogP contribution in [0.25, 0.3) is 33.5 Å². The van der Waals surface area contributed by atoms with Crippen molar-refractivity contribution in [2.24, 2.45) is 5.10 Å². The third-order valence-corrected chi connectivity index (χ3v) is 6.34. The number of fused-ring (bicyclic) bond motifs is 2. The number of hydrogen-bond acceptors (Lipinski definition) is 11. The van der Waals surface area contributed by atoms with Gasteiger partial charge in [0.25, 0.3) is 5.56 Å². The summed E-state index contributed by atoms with van der Waals surface area (Å²) >= 11 is 0. The van der Waals surface area contributed by atoms with Gasteiger partial charge in [0, 0.05) is 11.6 Å². The Balaban J connectivity index is 1.66. The number of para-hydroxylation sites is 1. The predicted octanol–water partition coefficient (Wildman–Crippen LogP) is 4.56. The number of ether oxygens (including phenoxy) is 4. The molecular formula is C29H24N4O9. The molecule has 0 fully saturated rings. The molecular weight excluding hydrogens is 548 g/mol. The Morgan fingerprint density at radius 3 is 2.52 bits per heavy atom. The normalized spacial score (nSPS) is 12.0. The van der Waals surface area contributed by atoms with Crippen LogP contribution in [0.4, 0.5) is 5.69 Å². The van der Waals surface area contributed by atoms with E-state index in [1.165, 1.54) is 46.6 Å². The number of nitro groups is 1. The molecule has 0 bridgehead atoms. The van der Waals surface area contributed by atoms with Crippen molar-refractivity contribution in [2.45, 2.75) is 13.0 Å². The monoisotopic (exact) mass is 572 g/mol. The number of aromatic nitrogens is 2. The van der Waals surface area contributed by atoms with E-state index in [1.54, 1.807) is 48.5 Å². The number of nitro benzene ring substituents is 1. The van der Waals surface area contributed by atoms with Crippen molar-refractivity contribution in [2.75, 3.05) is 21.3 Å². The Hall–Kier alpha value is -5.72. The molecule has 0 amide bonds. The third kappa shape index (κ3) is 5.10. The van der Waals surface area contributed by atoms with Gasteiger partial charge < -0.3 is 23.4 Å². The summed E-state index contributed by atoms with van der Waals surface area (Å²) in [5, 5.41) is 17.3. The first-order valence-electron chi connectivity index (χ1n) is 12.5. The van der Waals surface area contributed by atoms with Gasteiger partial charge in [-0.15, -0.1) is 0 Å². The zero-order chi connectivity index (χ0) is 30.0. The van der Waals surface area contributed by atoms with Crippen LogP contribution >= 0.6 is 0 Å². The molecule has 0 spiro atoms. The van der Waals surface area contributed by atoms with Crippen LogP contribution in [0.1, 0.15) is 12.5 Å². The van der Waals surface area contributed by atoms with Crippen molar-refractivity contribution in [1.29, 1.82) is 0 Å². The molecule has 13 heteroatoms. The second-order valence-corrected chi connectivity index (χ2v) is 8.91. The lowest BCUT2D eigenvalue weighted by Crippen LogP contribution is -2.25. The van der Waals surface area contributed by atoms with Crippen LogP contribution in [0.15, 0.2) is 75.0 Å². The highest BCUT2D eigenvalue weighted by molar-refractivity contribution is 5.89. The van der Waals surface area contributed by atoms with Gasteiger partial charge in [-0.05, 0) is 43.3 Å². The lowest BCUT2D eigenvalue weighted by atomic mass is 10.1. The first kappa shape index (κ1) is 27.8. The molecule has 5 rings (SSSR count). The molecule has 0 aliphatic rings. The number of hydrogen-bond donors (Lipinski definition) is 0. The number of carbonyl (C=O) groups excluding carboxylic acids is 1. The largest absolute Gasteiger partial charge is 0.496 e. The third-order valence-electron chi connectivity index (χ3n) is 6.34. The van der Waals surface area contributed by atoms with E-state index in [1.807, 2.05) is 0 Å². The van der Waals surface area contributed by atoms with Crippen LogP contribution in [0, 0.1) is 10.1 Å². The molecule has 0 aliphatic carbocycles. The molecule has 0 unspecified atom stereocenters. The molecule has 3 aromatic carbocycles. The second kappa shape index (κ2) is 11.4. The Kier molecular flexibility index (Phi) is 7.56. The van der Waals surface area contributed by atoms with Crippen molar-refractivity contribution in [3.05, 3.63) is 86.7 Å². The number of methoxy groups -OCH3 is 3. The smallest absolute Gasteiger partial charge is 0.346 e. The topological polar surface area (TPSA) is 158 Å². The summed E-state index contributed by atoms with van der Waals surface area (Å²) < 4.78 is 28.0. The van der Waals surface area contributed by atoms with Crippen LogP contribution in [-0.2, 0) is 9.53 Å². The Morgan fingerprint density at radius 2 is 1.81 bits per heavy atom. The maximum absolute atomic E-state index is 13.6. The minimum Gasteiger partial charge on any atom is -0.496 e. The van der Waals surface area contributed by atoms with Crippen LogP contribution in [0.2, 0.25) is 0 Å². The molecule has 5 aromatic rings. The summed E-state index contributed by atoms with van der Waals surface area (Å²) in [4.78, 5) is 41.3. The number of carbonyl (C=O) groups is 1. The van der Waals surface area contributed by atoms with Crippen LogP contribution in [-0.4, -0.2) is 54.2 Å². The quantitative estimate of drug-likeness (QED) is 0.106. The van der Waals surface area contributed by atoms with Gasteiger partial charge in [0.15, 0.2) is 17.6 Å². The first-order chi connectivity index (χ1) is 20.2. The number of benzene rings is 3. The van der Waals surface area contributed by atoms with Crippen molar-refractivity contribution in [3.63, 3.8) is 0 Å². The van der Waals surface area contributed by atoms with Crippen LogP contribution < -0.4 is 19.8 Å². The molecule has 0 saturated carbocycles. The zero-order valence-electron chi connectivity index (χ0n) is 22.9. The molecule has 0 radical (unpaired) electrons. The summed E-state index contributed by atoms with van der Waals surface area (Å²) in [6.07, 6.45) is 0.0996. The number of nitrogens with zero attached hydrogens (tertiary/aromatic N) is 4. The Morgan fingerprint density at radius 1 is 1.05 bits per heavy atom. The molecule has 42 heavy (non-hydrogen) atoms. The average Bonchev–Trinajstić information content (AvgIpc) is 3.44. The molecule has 2 aromatic heterocycles. The highest BCUT2D eigenvalue weighted by Gasteiger charge is 2.27. The van der Waals surface area contributed by atoms with Crippen molar-refractivity contribution < 1.29 is 33.1 Å². The van der Waals surface area contributed by atoms with E-state index < -0.39 is 28.2 Å². The fourth-order valence-corrected chi connectivity index (χ4v) is 4.32. The molecule has 214 valence electrons. The van der Waals surface area contributed by atoms with E-state index in [4.69, 9.17) is 18.6 Å². The van der Waals surface area contributed by atoms with Gasteiger partial charge in [0.1, 0.15) is 11.3 Å². The Labute approximate surface area is 237 Å².